The first-order chi connectivity index (χ1) is 8.04. The Bertz CT molecular complexity index is 516. The average Bonchev–Trinajstić information content (AvgIpc) is 2.63. The van der Waals surface area contributed by atoms with Gasteiger partial charge < -0.3 is 11.1 Å². The third-order valence-corrected chi connectivity index (χ3v) is 2.26. The summed E-state index contributed by atoms with van der Waals surface area (Å²) < 4.78 is 1.72. The molecule has 0 amide bonds. The fraction of sp³-hybridized carbons (Fsp3) is 0.364. The molecule has 6 nitrogen and oxygen atoms in total. The highest BCUT2D eigenvalue weighted by Gasteiger charge is 2.07. The summed E-state index contributed by atoms with van der Waals surface area (Å²) in [5, 5.41) is 7.22. The predicted molar refractivity (Wildman–Crippen MR) is 67.0 cm³/mol. The molecular weight excluding hydrogens is 216 g/mol. The zero-order valence-corrected chi connectivity index (χ0v) is 10.2. The van der Waals surface area contributed by atoms with Gasteiger partial charge in [-0.1, -0.05) is 13.8 Å². The molecule has 0 aliphatic heterocycles. The third-order valence-electron chi connectivity index (χ3n) is 2.26. The molecule has 90 valence electrons. The lowest BCUT2D eigenvalue weighted by atomic mass is 10.2. The molecule has 0 aliphatic rings. The van der Waals surface area contributed by atoms with Crippen LogP contribution in [0, 0.1) is 0 Å². The number of aryl methyl sites for hydroxylation is 1. The highest BCUT2D eigenvalue weighted by atomic mass is 15.3. The van der Waals surface area contributed by atoms with Gasteiger partial charge in [0, 0.05) is 25.2 Å². The van der Waals surface area contributed by atoms with E-state index in [1.807, 2.05) is 27.1 Å². The van der Waals surface area contributed by atoms with Crippen LogP contribution in [0.3, 0.4) is 0 Å². The number of nitrogens with one attached hydrogen (secondary N) is 1. The van der Waals surface area contributed by atoms with Crippen LogP contribution < -0.4 is 11.1 Å². The van der Waals surface area contributed by atoms with Gasteiger partial charge in [-0.25, -0.2) is 9.97 Å². The molecule has 3 N–H and O–H groups in total. The second-order valence-corrected chi connectivity index (χ2v) is 4.22. The average molecular weight is 232 g/mol. The summed E-state index contributed by atoms with van der Waals surface area (Å²) in [7, 11) is 1.86. The topological polar surface area (TPSA) is 81.6 Å². The van der Waals surface area contributed by atoms with Crippen molar-refractivity contribution in [1.82, 2.24) is 19.7 Å². The maximum absolute atomic E-state index is 5.74. The lowest BCUT2D eigenvalue weighted by Gasteiger charge is -2.08. The Morgan fingerprint density at radius 1 is 1.35 bits per heavy atom. The van der Waals surface area contributed by atoms with Crippen molar-refractivity contribution >= 4 is 17.3 Å². The minimum absolute atomic E-state index is 0.243. The number of nitrogen functional groups attached to an aromatic ring is 1. The molecular formula is C11H16N6. The zero-order chi connectivity index (χ0) is 12.4. The van der Waals surface area contributed by atoms with E-state index in [4.69, 9.17) is 5.73 Å². The third kappa shape index (κ3) is 2.72. The van der Waals surface area contributed by atoms with Gasteiger partial charge in [-0.05, 0) is 0 Å². The minimum atomic E-state index is 0.243. The number of hydrogen-bond donors (Lipinski definition) is 2. The Labute approximate surface area is 99.9 Å². The van der Waals surface area contributed by atoms with Gasteiger partial charge in [-0.3, -0.25) is 4.68 Å². The smallest absolute Gasteiger partial charge is 0.136 e. The van der Waals surface area contributed by atoms with Crippen LogP contribution in [0.5, 0.6) is 0 Å². The van der Waals surface area contributed by atoms with Crippen molar-refractivity contribution in [3.8, 4) is 0 Å². The zero-order valence-electron chi connectivity index (χ0n) is 10.2. The van der Waals surface area contributed by atoms with Gasteiger partial charge in [0.05, 0.1) is 11.9 Å². The normalized spacial score (nSPS) is 10.8. The fourth-order valence-electron chi connectivity index (χ4n) is 1.44. The molecule has 0 saturated heterocycles. The summed E-state index contributed by atoms with van der Waals surface area (Å²) >= 11 is 0. The lowest BCUT2D eigenvalue weighted by molar-refractivity contribution is 0.768. The Morgan fingerprint density at radius 2 is 2.12 bits per heavy atom. The van der Waals surface area contributed by atoms with Crippen LogP contribution in [-0.2, 0) is 7.05 Å². The van der Waals surface area contributed by atoms with E-state index in [2.05, 4.69) is 20.4 Å². The van der Waals surface area contributed by atoms with Crippen molar-refractivity contribution in [2.45, 2.75) is 19.8 Å². The first kappa shape index (κ1) is 11.4. The van der Waals surface area contributed by atoms with E-state index in [-0.39, 0.29) is 5.92 Å². The number of hydrogen-bond acceptors (Lipinski definition) is 5. The number of rotatable bonds is 3. The fourth-order valence-corrected chi connectivity index (χ4v) is 1.44. The van der Waals surface area contributed by atoms with E-state index in [0.29, 0.717) is 11.6 Å². The molecule has 2 aromatic rings. The Kier molecular flexibility index (Phi) is 2.95. The maximum atomic E-state index is 5.74. The molecule has 0 atom stereocenters. The summed E-state index contributed by atoms with van der Waals surface area (Å²) in [6.45, 7) is 4.06. The molecule has 0 spiro atoms. The van der Waals surface area contributed by atoms with Crippen LogP contribution in [0.25, 0.3) is 0 Å². The minimum Gasteiger partial charge on any atom is -0.384 e. The Hall–Kier alpha value is -2.11. The quantitative estimate of drug-likeness (QED) is 0.841. The van der Waals surface area contributed by atoms with Crippen LogP contribution in [0.1, 0.15) is 25.6 Å². The van der Waals surface area contributed by atoms with Crippen molar-refractivity contribution in [3.63, 3.8) is 0 Å². The van der Waals surface area contributed by atoms with Gasteiger partial charge in [0.1, 0.15) is 17.5 Å². The van der Waals surface area contributed by atoms with Crippen LogP contribution in [0.4, 0.5) is 17.3 Å². The van der Waals surface area contributed by atoms with Crippen molar-refractivity contribution in [1.29, 1.82) is 0 Å². The van der Waals surface area contributed by atoms with Crippen molar-refractivity contribution < 1.29 is 0 Å². The molecule has 0 saturated carbocycles. The van der Waals surface area contributed by atoms with E-state index in [0.717, 1.165) is 11.5 Å². The summed E-state index contributed by atoms with van der Waals surface area (Å²) in [5.74, 6) is 2.13. The van der Waals surface area contributed by atoms with Gasteiger partial charge in [0.15, 0.2) is 0 Å². The van der Waals surface area contributed by atoms with E-state index >= 15 is 0 Å². The molecule has 0 unspecified atom stereocenters. The second kappa shape index (κ2) is 4.40. The van der Waals surface area contributed by atoms with E-state index in [1.165, 1.54) is 0 Å². The van der Waals surface area contributed by atoms with Crippen LogP contribution in [-0.4, -0.2) is 19.7 Å². The maximum Gasteiger partial charge on any atom is 0.136 e. The summed E-state index contributed by atoms with van der Waals surface area (Å²) in [4.78, 5) is 8.58. The standard InChI is InChI=1S/C11H16N6/c1-7(2)11-15-9(12)4-10(16-11)14-8-5-13-17(3)6-8/h4-7H,1-3H3,(H3,12,14,15,16). The molecule has 2 aromatic heterocycles. The molecule has 6 heteroatoms. The van der Waals surface area contributed by atoms with Crippen LogP contribution in [0.2, 0.25) is 0 Å². The summed E-state index contributed by atoms with van der Waals surface area (Å²) in [6.07, 6.45) is 3.60. The SMILES string of the molecule is CC(C)c1nc(N)cc(Nc2cnn(C)c2)n1. The van der Waals surface area contributed by atoms with Gasteiger partial charge in [-0.2, -0.15) is 5.10 Å². The van der Waals surface area contributed by atoms with Crippen molar-refractivity contribution in [2.24, 2.45) is 7.05 Å². The predicted octanol–water partition coefficient (Wildman–Crippen LogP) is 1.66. The van der Waals surface area contributed by atoms with Gasteiger partial charge in [0.2, 0.25) is 0 Å². The molecule has 0 bridgehead atoms. The lowest BCUT2D eigenvalue weighted by Crippen LogP contribution is -2.04. The number of nitrogens with zero attached hydrogens (tertiary/aromatic N) is 4. The van der Waals surface area contributed by atoms with E-state index in [1.54, 1.807) is 16.9 Å². The number of anilines is 3. The summed E-state index contributed by atoms with van der Waals surface area (Å²) in [5.41, 5.74) is 6.62. The monoisotopic (exact) mass is 232 g/mol. The Morgan fingerprint density at radius 3 is 2.71 bits per heavy atom. The van der Waals surface area contributed by atoms with Crippen molar-refractivity contribution in [2.75, 3.05) is 11.1 Å². The molecule has 0 radical (unpaired) electrons. The molecule has 17 heavy (non-hydrogen) atoms. The first-order valence-electron chi connectivity index (χ1n) is 5.44. The van der Waals surface area contributed by atoms with Gasteiger partial charge in [0.25, 0.3) is 0 Å². The van der Waals surface area contributed by atoms with E-state index in [9.17, 15) is 0 Å². The first-order valence-corrected chi connectivity index (χ1v) is 5.44. The van der Waals surface area contributed by atoms with Gasteiger partial charge >= 0.3 is 0 Å². The van der Waals surface area contributed by atoms with Crippen molar-refractivity contribution in [3.05, 3.63) is 24.3 Å². The highest BCUT2D eigenvalue weighted by molar-refractivity contribution is 5.56. The van der Waals surface area contributed by atoms with Gasteiger partial charge in [-0.15, -0.1) is 0 Å². The molecule has 2 heterocycles. The Balaban J connectivity index is 2.26. The second-order valence-electron chi connectivity index (χ2n) is 4.22. The largest absolute Gasteiger partial charge is 0.384 e. The molecule has 0 aromatic carbocycles. The molecule has 0 aliphatic carbocycles. The number of aromatic nitrogens is 4. The molecule has 2 rings (SSSR count). The number of nitrogens with two attached hydrogens (primary N) is 1. The summed E-state index contributed by atoms with van der Waals surface area (Å²) in [6, 6.07) is 1.71. The van der Waals surface area contributed by atoms with Crippen LogP contribution in [0.15, 0.2) is 18.5 Å². The van der Waals surface area contributed by atoms with Crippen LogP contribution >= 0.6 is 0 Å². The molecule has 0 fully saturated rings. The highest BCUT2D eigenvalue weighted by Crippen LogP contribution is 2.18. The van der Waals surface area contributed by atoms with E-state index < -0.39 is 0 Å².